The summed E-state index contributed by atoms with van der Waals surface area (Å²) in [5.74, 6) is 12.8. The molecule has 0 saturated heterocycles. The minimum Gasteiger partial charge on any atom is -0.356 e. The number of guanidine groups is 1. The smallest absolute Gasteiger partial charge is 0.356 e. The molecule has 1 unspecified atom stereocenters. The summed E-state index contributed by atoms with van der Waals surface area (Å²) in [6.45, 7) is 1.33. The van der Waals surface area contributed by atoms with Gasteiger partial charge in [-0.1, -0.05) is 15.3 Å². The first-order valence-electron chi connectivity index (χ1n) is 12.2. The summed E-state index contributed by atoms with van der Waals surface area (Å²) < 4.78 is 80.6. The van der Waals surface area contributed by atoms with Gasteiger partial charge in [-0.15, -0.1) is 5.10 Å². The molecule has 14 heteroatoms. The zero-order valence-electron chi connectivity index (χ0n) is 20.5. The van der Waals surface area contributed by atoms with Gasteiger partial charge in [-0.2, -0.15) is 26.3 Å². The Labute approximate surface area is 218 Å². The molecule has 7 nitrogen and oxygen atoms in total. The van der Waals surface area contributed by atoms with Crippen LogP contribution in [0.5, 0.6) is 0 Å². The lowest BCUT2D eigenvalue weighted by atomic mass is 10.0. The van der Waals surface area contributed by atoms with Crippen LogP contribution in [0.15, 0.2) is 35.4 Å². The van der Waals surface area contributed by atoms with Gasteiger partial charge >= 0.3 is 12.4 Å². The van der Waals surface area contributed by atoms with E-state index in [0.29, 0.717) is 29.4 Å². The molecule has 1 heterocycles. The van der Waals surface area contributed by atoms with Gasteiger partial charge in [0.15, 0.2) is 0 Å². The molecule has 0 radical (unpaired) electrons. The van der Waals surface area contributed by atoms with E-state index < -0.39 is 23.5 Å². The lowest BCUT2D eigenvalue weighted by Crippen LogP contribution is -2.45. The van der Waals surface area contributed by atoms with Crippen LogP contribution in [0.4, 0.5) is 32.2 Å². The number of rotatable bonds is 9. The lowest BCUT2D eigenvalue weighted by molar-refractivity contribution is -0.143. The first-order valence-corrected chi connectivity index (χ1v) is 12.7. The molecular weight excluding hydrogens is 531 g/mol. The third-order valence-electron chi connectivity index (χ3n) is 6.56. The van der Waals surface area contributed by atoms with Crippen molar-refractivity contribution in [1.82, 2.24) is 15.3 Å². The summed E-state index contributed by atoms with van der Waals surface area (Å²) in [5, 5.41) is 3.57. The predicted molar refractivity (Wildman–Crippen MR) is 136 cm³/mol. The van der Waals surface area contributed by atoms with Crippen LogP contribution in [0.25, 0.3) is 0 Å². The summed E-state index contributed by atoms with van der Waals surface area (Å²) in [4.78, 5) is 8.37. The second-order valence-electron chi connectivity index (χ2n) is 9.88. The van der Waals surface area contributed by atoms with Crippen LogP contribution in [0.2, 0.25) is 0 Å². The minimum absolute atomic E-state index is 0.0386. The maximum atomic E-state index is 13.4. The van der Waals surface area contributed by atoms with E-state index in [9.17, 15) is 26.3 Å². The lowest BCUT2D eigenvalue weighted by Gasteiger charge is -2.30. The predicted octanol–water partition coefficient (Wildman–Crippen LogP) is 3.94. The average Bonchev–Trinajstić information content (AvgIpc) is 3.76. The highest BCUT2D eigenvalue weighted by atomic mass is 31.0. The van der Waals surface area contributed by atoms with Gasteiger partial charge in [0, 0.05) is 31.7 Å². The molecule has 1 aromatic carbocycles. The molecule has 5 N–H and O–H groups in total. The van der Waals surface area contributed by atoms with Crippen molar-refractivity contribution >= 4 is 26.5 Å². The number of anilines is 1. The molecule has 38 heavy (non-hydrogen) atoms. The number of nitrogens with one attached hydrogen (secondary N) is 1. The SMILES string of the molecule is N/N=C(\NN)N(Cc1cc(C(F)(F)F)cc(C(F)(F)F)c1)Cc1ccc(P)nc1N(CC1CC1)CC1CC1. The van der Waals surface area contributed by atoms with E-state index in [1.54, 1.807) is 6.07 Å². The molecule has 1 atom stereocenters. The Morgan fingerprint density at radius 2 is 1.50 bits per heavy atom. The number of aromatic nitrogens is 1. The number of halogens is 6. The number of alkyl halides is 6. The van der Waals surface area contributed by atoms with Crippen molar-refractivity contribution in [3.8, 4) is 0 Å². The van der Waals surface area contributed by atoms with Gasteiger partial charge in [-0.05, 0) is 67.3 Å². The fourth-order valence-corrected chi connectivity index (χ4v) is 4.53. The number of nitrogens with zero attached hydrogens (tertiary/aromatic N) is 4. The monoisotopic (exact) mass is 561 g/mol. The Morgan fingerprint density at radius 1 is 0.947 bits per heavy atom. The van der Waals surface area contributed by atoms with Crippen molar-refractivity contribution in [3.63, 3.8) is 0 Å². The summed E-state index contributed by atoms with van der Waals surface area (Å²) in [6.07, 6.45) is -5.36. The van der Waals surface area contributed by atoms with Gasteiger partial charge in [0.05, 0.1) is 16.6 Å². The highest BCUT2D eigenvalue weighted by Crippen LogP contribution is 2.38. The van der Waals surface area contributed by atoms with E-state index in [1.807, 2.05) is 6.07 Å². The molecule has 1 aromatic heterocycles. The second-order valence-corrected chi connectivity index (χ2v) is 10.5. The number of benzene rings is 1. The number of hydrogen-bond acceptors (Lipinski definition) is 5. The van der Waals surface area contributed by atoms with Crippen molar-refractivity contribution in [2.75, 3.05) is 18.0 Å². The van der Waals surface area contributed by atoms with Crippen LogP contribution in [-0.4, -0.2) is 28.9 Å². The Hall–Kier alpha value is -2.79. The maximum absolute atomic E-state index is 13.4. The van der Waals surface area contributed by atoms with Gasteiger partial charge in [-0.3, -0.25) is 5.43 Å². The molecular formula is C24H30F6N7P. The van der Waals surface area contributed by atoms with Crippen molar-refractivity contribution in [2.24, 2.45) is 28.6 Å². The van der Waals surface area contributed by atoms with E-state index in [1.165, 1.54) is 4.90 Å². The van der Waals surface area contributed by atoms with Crippen LogP contribution < -0.4 is 27.4 Å². The summed E-state index contributed by atoms with van der Waals surface area (Å²) in [7, 11) is 2.56. The van der Waals surface area contributed by atoms with E-state index in [4.69, 9.17) is 16.7 Å². The van der Waals surface area contributed by atoms with Gasteiger partial charge < -0.3 is 15.6 Å². The number of hydrogen-bond donors (Lipinski definition) is 3. The molecule has 2 aromatic rings. The molecule has 0 aliphatic heterocycles. The summed E-state index contributed by atoms with van der Waals surface area (Å²) >= 11 is 0. The van der Waals surface area contributed by atoms with Gasteiger partial charge in [0.1, 0.15) is 5.82 Å². The number of pyridine rings is 1. The quantitative estimate of drug-likeness (QED) is 0.107. The highest BCUT2D eigenvalue weighted by Gasteiger charge is 2.37. The van der Waals surface area contributed by atoms with Gasteiger partial charge in [0.25, 0.3) is 0 Å². The van der Waals surface area contributed by atoms with E-state index in [-0.39, 0.29) is 30.7 Å². The molecule has 2 fully saturated rings. The Morgan fingerprint density at radius 3 is 1.95 bits per heavy atom. The van der Waals surface area contributed by atoms with Crippen molar-refractivity contribution in [3.05, 3.63) is 52.6 Å². The topological polar surface area (TPSA) is 95.8 Å². The van der Waals surface area contributed by atoms with Crippen LogP contribution in [0.1, 0.15) is 47.9 Å². The molecule has 0 amide bonds. The first kappa shape index (κ1) is 28.2. The highest BCUT2D eigenvalue weighted by molar-refractivity contribution is 7.26. The third-order valence-corrected chi connectivity index (χ3v) is 6.88. The van der Waals surface area contributed by atoms with Crippen molar-refractivity contribution in [1.29, 1.82) is 0 Å². The maximum Gasteiger partial charge on any atom is 0.416 e. The molecule has 0 spiro atoms. The van der Waals surface area contributed by atoms with E-state index in [0.717, 1.165) is 50.2 Å². The number of hydrazone groups is 1. The van der Waals surface area contributed by atoms with Crippen LogP contribution >= 0.6 is 9.24 Å². The third kappa shape index (κ3) is 7.41. The fraction of sp³-hybridized carbons (Fsp3) is 0.500. The number of hydrazine groups is 1. The average molecular weight is 562 g/mol. The summed E-state index contributed by atoms with van der Waals surface area (Å²) in [6, 6.07) is 5.08. The molecule has 208 valence electrons. The van der Waals surface area contributed by atoms with Crippen LogP contribution in [0, 0.1) is 11.8 Å². The zero-order valence-corrected chi connectivity index (χ0v) is 21.6. The first-order chi connectivity index (χ1) is 17.9. The molecule has 2 aliphatic rings. The Kier molecular flexibility index (Phi) is 8.27. The second kappa shape index (κ2) is 11.1. The normalized spacial score (nSPS) is 16.5. The van der Waals surface area contributed by atoms with Crippen LogP contribution in [-0.2, 0) is 25.4 Å². The fourth-order valence-electron chi connectivity index (χ4n) is 4.31. The van der Waals surface area contributed by atoms with Gasteiger partial charge in [0.2, 0.25) is 5.96 Å². The zero-order chi connectivity index (χ0) is 27.7. The van der Waals surface area contributed by atoms with Crippen LogP contribution in [0.3, 0.4) is 0 Å². The Bertz CT molecular complexity index is 1120. The van der Waals surface area contributed by atoms with E-state index >= 15 is 0 Å². The number of nitrogens with two attached hydrogens (primary N) is 2. The molecule has 2 aliphatic carbocycles. The minimum atomic E-state index is -4.96. The largest absolute Gasteiger partial charge is 0.416 e. The molecule has 4 rings (SSSR count). The standard InChI is InChI=1S/C24H30F6N7P/c25-23(26,27)18-7-16(8-19(9-18)24(28,29)30)12-37(22(34-31)35-32)13-17-5-6-20(38)33-21(17)36(10-14-1-2-14)11-15-3-4-15/h5-9,14-15H,1-4,10-13,31-32,38H2,(H,34,35). The van der Waals surface area contributed by atoms with E-state index in [2.05, 4.69) is 24.7 Å². The Balaban J connectivity index is 1.69. The van der Waals surface area contributed by atoms with Crippen molar-refractivity contribution < 1.29 is 26.3 Å². The van der Waals surface area contributed by atoms with Gasteiger partial charge in [-0.25, -0.2) is 10.8 Å². The molecule has 0 bridgehead atoms. The summed E-state index contributed by atoms with van der Waals surface area (Å²) in [5.41, 5.74) is 0.700. The van der Waals surface area contributed by atoms with Crippen molar-refractivity contribution in [2.45, 2.75) is 51.1 Å². The molecule has 2 saturated carbocycles.